The van der Waals surface area contributed by atoms with Crippen molar-refractivity contribution in [1.82, 2.24) is 5.32 Å². The van der Waals surface area contributed by atoms with Crippen LogP contribution in [0.2, 0.25) is 0 Å². The smallest absolute Gasteiger partial charge is 0.387 e. The van der Waals surface area contributed by atoms with Gasteiger partial charge >= 0.3 is 6.18 Å². The zero-order chi connectivity index (χ0) is 15.3. The zero-order valence-electron chi connectivity index (χ0n) is 11.7. The molecule has 6 heteroatoms. The van der Waals surface area contributed by atoms with Crippen LogP contribution < -0.4 is 5.32 Å². The van der Waals surface area contributed by atoms with Gasteiger partial charge in [-0.25, -0.2) is 0 Å². The quantitative estimate of drug-likeness (QED) is 0.879. The summed E-state index contributed by atoms with van der Waals surface area (Å²) in [5, 5.41) is 13.0. The Balaban J connectivity index is 1.83. The Hall–Kier alpha value is -1.11. The maximum Gasteiger partial charge on any atom is 0.416 e. The van der Waals surface area contributed by atoms with Gasteiger partial charge in [0.15, 0.2) is 0 Å². The molecule has 0 spiro atoms. The van der Waals surface area contributed by atoms with Crippen molar-refractivity contribution in [2.24, 2.45) is 0 Å². The van der Waals surface area contributed by atoms with Gasteiger partial charge in [0.1, 0.15) is 0 Å². The minimum atomic E-state index is -4.39. The van der Waals surface area contributed by atoms with Gasteiger partial charge in [-0.1, -0.05) is 12.1 Å². The molecule has 0 aromatic heterocycles. The number of hydrogen-bond acceptors (Lipinski definition) is 3. The monoisotopic (exact) mass is 303 g/mol. The van der Waals surface area contributed by atoms with Crippen molar-refractivity contribution in [3.63, 3.8) is 0 Å². The molecule has 2 N–H and O–H groups in total. The van der Waals surface area contributed by atoms with Gasteiger partial charge in [-0.15, -0.1) is 0 Å². The highest BCUT2D eigenvalue weighted by molar-refractivity contribution is 5.27. The van der Waals surface area contributed by atoms with E-state index in [1.54, 1.807) is 0 Å². The lowest BCUT2D eigenvalue weighted by atomic mass is 10.1. The van der Waals surface area contributed by atoms with Crippen LogP contribution in [0.25, 0.3) is 0 Å². The number of benzene rings is 1. The lowest BCUT2D eigenvalue weighted by molar-refractivity contribution is -0.137. The third kappa shape index (κ3) is 4.98. The summed E-state index contributed by atoms with van der Waals surface area (Å²) in [6, 6.07) is 4.80. The van der Waals surface area contributed by atoms with E-state index >= 15 is 0 Å². The molecule has 3 nitrogen and oxygen atoms in total. The van der Waals surface area contributed by atoms with E-state index in [4.69, 9.17) is 4.74 Å². The summed E-state index contributed by atoms with van der Waals surface area (Å²) in [5.74, 6) is 0. The number of alkyl halides is 3. The number of rotatable bonds is 5. The van der Waals surface area contributed by atoms with E-state index in [0.717, 1.165) is 38.0 Å². The van der Waals surface area contributed by atoms with Crippen LogP contribution >= 0.6 is 0 Å². The first-order valence-electron chi connectivity index (χ1n) is 7.14. The predicted molar refractivity (Wildman–Crippen MR) is 72.9 cm³/mol. The first-order chi connectivity index (χ1) is 9.97. The third-order valence-corrected chi connectivity index (χ3v) is 3.58. The number of ether oxygens (including phenoxy) is 1. The highest BCUT2D eigenvalue weighted by atomic mass is 19.4. The molecule has 0 aliphatic carbocycles. The largest absolute Gasteiger partial charge is 0.416 e. The maximum atomic E-state index is 12.6. The van der Waals surface area contributed by atoms with Gasteiger partial charge in [0.05, 0.1) is 17.8 Å². The highest BCUT2D eigenvalue weighted by Crippen LogP contribution is 2.30. The summed E-state index contributed by atoms with van der Waals surface area (Å²) in [7, 11) is 0. The summed E-state index contributed by atoms with van der Waals surface area (Å²) >= 11 is 0. The molecule has 1 aliphatic rings. The Labute approximate surface area is 122 Å². The molecule has 0 radical (unpaired) electrons. The fourth-order valence-electron chi connectivity index (χ4n) is 2.39. The van der Waals surface area contributed by atoms with Crippen LogP contribution in [0.15, 0.2) is 24.3 Å². The molecule has 2 rings (SSSR count). The van der Waals surface area contributed by atoms with Crippen molar-refractivity contribution in [3.8, 4) is 0 Å². The Kier molecular flexibility index (Phi) is 5.61. The molecule has 1 saturated heterocycles. The fraction of sp³-hybridized carbons (Fsp3) is 0.600. The van der Waals surface area contributed by atoms with E-state index < -0.39 is 17.8 Å². The molecule has 0 amide bonds. The van der Waals surface area contributed by atoms with Crippen LogP contribution in [0, 0.1) is 0 Å². The molecule has 21 heavy (non-hydrogen) atoms. The first kappa shape index (κ1) is 16.3. The van der Waals surface area contributed by atoms with Gasteiger partial charge in [-0.3, -0.25) is 0 Å². The van der Waals surface area contributed by atoms with Crippen LogP contribution in [-0.2, 0) is 10.9 Å². The van der Waals surface area contributed by atoms with E-state index in [1.165, 1.54) is 12.1 Å². The number of aliphatic hydroxyl groups is 1. The van der Waals surface area contributed by atoms with E-state index in [-0.39, 0.29) is 18.2 Å². The number of halogens is 3. The van der Waals surface area contributed by atoms with Crippen LogP contribution in [0.3, 0.4) is 0 Å². The van der Waals surface area contributed by atoms with Crippen molar-refractivity contribution >= 4 is 0 Å². The second-order valence-corrected chi connectivity index (χ2v) is 5.29. The summed E-state index contributed by atoms with van der Waals surface area (Å²) < 4.78 is 43.4. The van der Waals surface area contributed by atoms with Crippen LogP contribution in [-0.4, -0.2) is 30.9 Å². The van der Waals surface area contributed by atoms with Crippen molar-refractivity contribution in [2.45, 2.75) is 37.6 Å². The topological polar surface area (TPSA) is 41.5 Å². The lowest BCUT2D eigenvalue weighted by Crippen LogP contribution is -2.34. The molecule has 2 atom stereocenters. The lowest BCUT2D eigenvalue weighted by Gasteiger charge is -2.23. The molecule has 1 aromatic carbocycles. The van der Waals surface area contributed by atoms with Crippen LogP contribution in [0.1, 0.15) is 36.5 Å². The van der Waals surface area contributed by atoms with Crippen molar-refractivity contribution in [1.29, 1.82) is 0 Å². The van der Waals surface area contributed by atoms with Gasteiger partial charge < -0.3 is 15.2 Å². The Morgan fingerprint density at radius 3 is 2.81 bits per heavy atom. The van der Waals surface area contributed by atoms with Gasteiger partial charge in [0.25, 0.3) is 0 Å². The summed E-state index contributed by atoms with van der Waals surface area (Å²) in [6.45, 7) is 1.57. The standard InChI is InChI=1S/C15H20F3NO2/c16-15(17,18)12-5-3-4-11(8-12)14(20)10-19-9-13-6-1-2-7-21-13/h3-5,8,13-14,19-20H,1-2,6-7,9-10H2. The molecule has 0 bridgehead atoms. The molecule has 2 unspecified atom stereocenters. The summed E-state index contributed by atoms with van der Waals surface area (Å²) in [6.07, 6.45) is -2.04. The van der Waals surface area contributed by atoms with Gasteiger partial charge in [0, 0.05) is 19.7 Å². The van der Waals surface area contributed by atoms with Crippen molar-refractivity contribution < 1.29 is 23.0 Å². The Morgan fingerprint density at radius 2 is 2.14 bits per heavy atom. The number of hydrogen-bond donors (Lipinski definition) is 2. The maximum absolute atomic E-state index is 12.6. The zero-order valence-corrected chi connectivity index (χ0v) is 11.7. The first-order valence-corrected chi connectivity index (χ1v) is 7.14. The minimum absolute atomic E-state index is 0.132. The average Bonchev–Trinajstić information content (AvgIpc) is 2.47. The molecule has 0 saturated carbocycles. The van der Waals surface area contributed by atoms with Crippen LogP contribution in [0.5, 0.6) is 0 Å². The van der Waals surface area contributed by atoms with E-state index in [1.807, 2.05) is 0 Å². The predicted octanol–water partition coefficient (Wildman–Crippen LogP) is 2.90. The highest BCUT2D eigenvalue weighted by Gasteiger charge is 2.30. The number of nitrogens with one attached hydrogen (secondary N) is 1. The molecule has 1 aliphatic heterocycles. The summed E-state index contributed by atoms with van der Waals surface area (Å²) in [4.78, 5) is 0. The molecule has 1 aromatic rings. The van der Waals surface area contributed by atoms with Gasteiger partial charge in [-0.2, -0.15) is 13.2 Å². The normalized spacial score (nSPS) is 21.2. The SMILES string of the molecule is OC(CNCC1CCCCO1)c1cccc(C(F)(F)F)c1. The average molecular weight is 303 g/mol. The molecular weight excluding hydrogens is 283 g/mol. The minimum Gasteiger partial charge on any atom is -0.387 e. The summed E-state index contributed by atoms with van der Waals surface area (Å²) in [5.41, 5.74) is -0.475. The van der Waals surface area contributed by atoms with Gasteiger partial charge in [-0.05, 0) is 37.0 Å². The Morgan fingerprint density at radius 1 is 1.33 bits per heavy atom. The fourth-order valence-corrected chi connectivity index (χ4v) is 2.39. The second-order valence-electron chi connectivity index (χ2n) is 5.29. The second kappa shape index (κ2) is 7.24. The Bertz CT molecular complexity index is 445. The van der Waals surface area contributed by atoms with Crippen molar-refractivity contribution in [2.75, 3.05) is 19.7 Å². The third-order valence-electron chi connectivity index (χ3n) is 3.58. The number of aliphatic hydroxyl groups excluding tert-OH is 1. The molecule has 1 fully saturated rings. The van der Waals surface area contributed by atoms with Gasteiger partial charge in [0.2, 0.25) is 0 Å². The van der Waals surface area contributed by atoms with E-state index in [2.05, 4.69) is 5.32 Å². The molecular formula is C15H20F3NO2. The van der Waals surface area contributed by atoms with Crippen LogP contribution in [0.4, 0.5) is 13.2 Å². The van der Waals surface area contributed by atoms with E-state index in [9.17, 15) is 18.3 Å². The molecule has 118 valence electrons. The van der Waals surface area contributed by atoms with Crippen molar-refractivity contribution in [3.05, 3.63) is 35.4 Å². The van der Waals surface area contributed by atoms with E-state index in [0.29, 0.717) is 6.54 Å². The molecule has 1 heterocycles.